The molecule has 1 fully saturated rings. The van der Waals surface area contributed by atoms with Gasteiger partial charge in [-0.15, -0.1) is 5.10 Å². The summed E-state index contributed by atoms with van der Waals surface area (Å²) >= 11 is 0. The smallest absolute Gasteiger partial charge is 0.242 e. The molecule has 0 aliphatic carbocycles. The SMILES string of the molecule is COc1ccc(-c2nc3c4ccccc4nc(N[C@@H]4CCCCNC4=O)n3n2)c(F)c1. The van der Waals surface area contributed by atoms with Crippen molar-refractivity contribution in [2.24, 2.45) is 0 Å². The van der Waals surface area contributed by atoms with Crippen molar-refractivity contribution >= 4 is 28.4 Å². The molecule has 4 aromatic rings. The average molecular weight is 420 g/mol. The van der Waals surface area contributed by atoms with E-state index < -0.39 is 11.9 Å². The lowest BCUT2D eigenvalue weighted by Crippen LogP contribution is -2.38. The second kappa shape index (κ2) is 7.82. The lowest BCUT2D eigenvalue weighted by molar-refractivity contribution is -0.121. The fourth-order valence-corrected chi connectivity index (χ4v) is 3.80. The van der Waals surface area contributed by atoms with Crippen LogP contribution in [0.3, 0.4) is 0 Å². The number of hydrogen-bond acceptors (Lipinski definition) is 6. The summed E-state index contributed by atoms with van der Waals surface area (Å²) < 4.78 is 21.3. The second-order valence-corrected chi connectivity index (χ2v) is 7.45. The molecular weight excluding hydrogens is 399 g/mol. The Morgan fingerprint density at radius 3 is 2.90 bits per heavy atom. The van der Waals surface area contributed by atoms with Crippen molar-refractivity contribution in [1.29, 1.82) is 0 Å². The number of halogens is 1. The zero-order valence-electron chi connectivity index (χ0n) is 16.9. The number of para-hydroxylation sites is 1. The monoisotopic (exact) mass is 420 g/mol. The molecule has 1 aliphatic heterocycles. The molecule has 2 N–H and O–H groups in total. The Balaban J connectivity index is 1.65. The minimum Gasteiger partial charge on any atom is -0.497 e. The van der Waals surface area contributed by atoms with Gasteiger partial charge in [0.25, 0.3) is 0 Å². The van der Waals surface area contributed by atoms with Crippen LogP contribution < -0.4 is 15.4 Å². The molecule has 0 unspecified atom stereocenters. The van der Waals surface area contributed by atoms with Crippen molar-refractivity contribution in [2.45, 2.75) is 25.3 Å². The molecule has 8 nitrogen and oxygen atoms in total. The number of carbonyl (C=O) groups is 1. The molecule has 1 aliphatic rings. The third kappa shape index (κ3) is 3.52. The summed E-state index contributed by atoms with van der Waals surface area (Å²) in [5.41, 5.74) is 1.50. The van der Waals surface area contributed by atoms with E-state index in [0.717, 1.165) is 18.2 Å². The Bertz CT molecular complexity index is 1290. The minimum atomic E-state index is -0.481. The zero-order valence-corrected chi connectivity index (χ0v) is 16.9. The highest BCUT2D eigenvalue weighted by Gasteiger charge is 2.24. The molecule has 0 spiro atoms. The molecule has 9 heteroatoms. The van der Waals surface area contributed by atoms with Crippen LogP contribution in [-0.2, 0) is 4.79 Å². The number of nitrogens with one attached hydrogen (secondary N) is 2. The van der Waals surface area contributed by atoms with E-state index in [-0.39, 0.29) is 17.3 Å². The third-order valence-electron chi connectivity index (χ3n) is 5.43. The number of carbonyl (C=O) groups excluding carboxylic acids is 1. The van der Waals surface area contributed by atoms with E-state index in [4.69, 9.17) is 4.74 Å². The number of amides is 1. The van der Waals surface area contributed by atoms with E-state index in [9.17, 15) is 9.18 Å². The van der Waals surface area contributed by atoms with E-state index in [1.165, 1.54) is 13.2 Å². The first-order valence-corrected chi connectivity index (χ1v) is 10.2. The highest BCUT2D eigenvalue weighted by molar-refractivity contribution is 5.93. The van der Waals surface area contributed by atoms with Gasteiger partial charge in [0.2, 0.25) is 11.9 Å². The van der Waals surface area contributed by atoms with Gasteiger partial charge in [-0.1, -0.05) is 12.1 Å². The molecular formula is C22H21FN6O2. The van der Waals surface area contributed by atoms with Crippen molar-refractivity contribution in [1.82, 2.24) is 24.9 Å². The minimum absolute atomic E-state index is 0.0675. The maximum atomic E-state index is 14.7. The Morgan fingerprint density at radius 2 is 2.06 bits per heavy atom. The predicted molar refractivity (Wildman–Crippen MR) is 115 cm³/mol. The van der Waals surface area contributed by atoms with Gasteiger partial charge in [-0.2, -0.15) is 4.52 Å². The van der Waals surface area contributed by atoms with Crippen LogP contribution in [0.1, 0.15) is 19.3 Å². The van der Waals surface area contributed by atoms with Crippen LogP contribution in [0.4, 0.5) is 10.3 Å². The van der Waals surface area contributed by atoms with Gasteiger partial charge >= 0.3 is 0 Å². The molecule has 158 valence electrons. The number of aromatic nitrogens is 4. The number of nitrogens with zero attached hydrogens (tertiary/aromatic N) is 4. The summed E-state index contributed by atoms with van der Waals surface area (Å²) in [6.07, 6.45) is 2.55. The molecule has 31 heavy (non-hydrogen) atoms. The molecule has 0 saturated carbocycles. The predicted octanol–water partition coefficient (Wildman–Crippen LogP) is 3.17. The van der Waals surface area contributed by atoms with Gasteiger partial charge < -0.3 is 15.4 Å². The Hall–Kier alpha value is -3.75. The summed E-state index contributed by atoms with van der Waals surface area (Å²) in [5, 5.41) is 11.5. The molecule has 1 amide bonds. The third-order valence-corrected chi connectivity index (χ3v) is 5.43. The molecule has 2 aromatic carbocycles. The van der Waals surface area contributed by atoms with Crippen LogP contribution in [0, 0.1) is 5.82 Å². The molecule has 0 radical (unpaired) electrons. The molecule has 2 aromatic heterocycles. The summed E-state index contributed by atoms with van der Waals surface area (Å²) in [5.74, 6) is 0.487. The highest BCUT2D eigenvalue weighted by Crippen LogP contribution is 2.28. The van der Waals surface area contributed by atoms with Crippen LogP contribution in [0.2, 0.25) is 0 Å². The van der Waals surface area contributed by atoms with Crippen LogP contribution in [0.5, 0.6) is 5.75 Å². The lowest BCUT2D eigenvalue weighted by Gasteiger charge is -2.16. The van der Waals surface area contributed by atoms with Crippen molar-refractivity contribution < 1.29 is 13.9 Å². The quantitative estimate of drug-likeness (QED) is 0.527. The maximum Gasteiger partial charge on any atom is 0.242 e. The van der Waals surface area contributed by atoms with E-state index >= 15 is 0 Å². The normalized spacial score (nSPS) is 16.8. The van der Waals surface area contributed by atoms with Gasteiger partial charge in [0.15, 0.2) is 11.5 Å². The van der Waals surface area contributed by atoms with E-state index in [1.807, 2.05) is 24.3 Å². The number of hydrogen-bond donors (Lipinski definition) is 2. The van der Waals surface area contributed by atoms with E-state index in [0.29, 0.717) is 35.8 Å². The van der Waals surface area contributed by atoms with Crippen LogP contribution in [0.25, 0.3) is 27.9 Å². The summed E-state index contributed by atoms with van der Waals surface area (Å²) in [6, 6.07) is 11.7. The number of benzene rings is 2. The fourth-order valence-electron chi connectivity index (χ4n) is 3.80. The standard InChI is InChI=1S/C22H21FN6O2/c1-31-13-9-10-14(16(23)12-13)19-27-20-15-6-2-3-7-17(15)25-22(29(20)28-19)26-18-8-4-5-11-24-21(18)30/h2-3,6-7,9-10,12,18H,4-5,8,11H2,1H3,(H,24,30)(H,25,26)/t18-/m1/s1. The topological polar surface area (TPSA) is 93.4 Å². The lowest BCUT2D eigenvalue weighted by atomic mass is 10.1. The Kier molecular flexibility index (Phi) is 4.85. The first-order valence-electron chi connectivity index (χ1n) is 10.2. The summed E-state index contributed by atoms with van der Waals surface area (Å²) in [4.78, 5) is 21.7. The van der Waals surface area contributed by atoms with Crippen molar-refractivity contribution in [3.8, 4) is 17.1 Å². The number of fused-ring (bicyclic) bond motifs is 3. The molecule has 0 bridgehead atoms. The van der Waals surface area contributed by atoms with E-state index in [1.54, 1.807) is 16.6 Å². The zero-order chi connectivity index (χ0) is 21.4. The van der Waals surface area contributed by atoms with Crippen molar-refractivity contribution in [2.75, 3.05) is 19.0 Å². The van der Waals surface area contributed by atoms with Gasteiger partial charge in [-0.25, -0.2) is 14.4 Å². The van der Waals surface area contributed by atoms with Gasteiger partial charge in [0, 0.05) is 18.0 Å². The van der Waals surface area contributed by atoms with Gasteiger partial charge in [-0.05, 0) is 43.5 Å². The first-order chi connectivity index (χ1) is 15.1. The molecule has 1 atom stereocenters. The highest BCUT2D eigenvalue weighted by atomic mass is 19.1. The van der Waals surface area contributed by atoms with Crippen molar-refractivity contribution in [3.63, 3.8) is 0 Å². The van der Waals surface area contributed by atoms with Crippen LogP contribution in [-0.4, -0.2) is 45.2 Å². The average Bonchev–Trinajstić information content (AvgIpc) is 3.13. The molecule has 5 rings (SSSR count). The first kappa shape index (κ1) is 19.2. The number of rotatable bonds is 4. The second-order valence-electron chi connectivity index (χ2n) is 7.45. The van der Waals surface area contributed by atoms with Gasteiger partial charge in [0.05, 0.1) is 18.2 Å². The largest absolute Gasteiger partial charge is 0.497 e. The number of anilines is 1. The number of ether oxygens (including phenoxy) is 1. The van der Waals surface area contributed by atoms with Crippen LogP contribution in [0.15, 0.2) is 42.5 Å². The van der Waals surface area contributed by atoms with E-state index in [2.05, 4.69) is 25.7 Å². The fraction of sp³-hybridized carbons (Fsp3) is 0.273. The summed E-state index contributed by atoms with van der Waals surface area (Å²) in [6.45, 7) is 0.668. The van der Waals surface area contributed by atoms with Gasteiger partial charge in [-0.3, -0.25) is 4.79 Å². The Morgan fingerprint density at radius 1 is 1.19 bits per heavy atom. The molecule has 3 heterocycles. The Labute approximate surface area is 177 Å². The summed E-state index contributed by atoms with van der Waals surface area (Å²) in [7, 11) is 1.48. The molecule has 1 saturated heterocycles. The van der Waals surface area contributed by atoms with Crippen LogP contribution >= 0.6 is 0 Å². The van der Waals surface area contributed by atoms with Gasteiger partial charge in [0.1, 0.15) is 17.6 Å². The number of methoxy groups -OCH3 is 1. The van der Waals surface area contributed by atoms with Crippen molar-refractivity contribution in [3.05, 3.63) is 48.3 Å². The maximum absolute atomic E-state index is 14.7.